The number of unbranched alkanes of at least 4 members (excludes halogenated alkanes) is 1. The van der Waals surface area contributed by atoms with Gasteiger partial charge in [0, 0.05) is 63.4 Å². The molecule has 41 heavy (non-hydrogen) atoms. The highest BCUT2D eigenvalue weighted by Gasteiger charge is 2.23. The topological polar surface area (TPSA) is 86.4 Å². The van der Waals surface area contributed by atoms with Gasteiger partial charge in [-0.25, -0.2) is 10.0 Å². The fourth-order valence-corrected chi connectivity index (χ4v) is 5.52. The smallest absolute Gasteiger partial charge is 0.245 e. The monoisotopic (exact) mass is 556 g/mol. The summed E-state index contributed by atoms with van der Waals surface area (Å²) in [4.78, 5) is 26.9. The average Bonchev–Trinajstić information content (AvgIpc) is 3.35. The molecule has 0 bridgehead atoms. The molecule has 1 aliphatic rings. The molecule has 0 aliphatic carbocycles. The second kappa shape index (κ2) is 13.2. The summed E-state index contributed by atoms with van der Waals surface area (Å²) in [6, 6.07) is 21.1. The van der Waals surface area contributed by atoms with E-state index >= 15 is 0 Å². The van der Waals surface area contributed by atoms with E-state index in [4.69, 9.17) is 14.9 Å². The summed E-state index contributed by atoms with van der Waals surface area (Å²) in [5.41, 5.74) is 7.16. The molecule has 3 heterocycles. The van der Waals surface area contributed by atoms with Crippen LogP contribution in [0.4, 0.5) is 5.82 Å². The summed E-state index contributed by atoms with van der Waals surface area (Å²) in [5.74, 6) is 1.03. The van der Waals surface area contributed by atoms with Crippen LogP contribution >= 0.6 is 0 Å². The molecule has 2 aromatic heterocycles. The average molecular weight is 557 g/mol. The number of β-amino-alcohol motifs (C(OH)–C–C–N with tert-alkyl or cyclic N) is 1. The van der Waals surface area contributed by atoms with Crippen molar-refractivity contribution in [2.75, 3.05) is 58.4 Å². The van der Waals surface area contributed by atoms with Crippen LogP contribution in [0.2, 0.25) is 0 Å². The lowest BCUT2D eigenvalue weighted by Gasteiger charge is -2.35. The second-order valence-corrected chi connectivity index (χ2v) is 10.6. The van der Waals surface area contributed by atoms with Crippen molar-refractivity contribution >= 4 is 17.4 Å². The minimum absolute atomic E-state index is 0.00574. The first kappa shape index (κ1) is 28.7. The van der Waals surface area contributed by atoms with Gasteiger partial charge in [0.1, 0.15) is 5.82 Å². The number of aliphatic hydroxyl groups is 1. The van der Waals surface area contributed by atoms with Crippen LogP contribution in [-0.2, 0) is 16.1 Å². The summed E-state index contributed by atoms with van der Waals surface area (Å²) in [5, 5.41) is 15.7. The van der Waals surface area contributed by atoms with E-state index in [-0.39, 0.29) is 12.5 Å². The lowest BCUT2D eigenvalue weighted by atomic mass is 10.0. The van der Waals surface area contributed by atoms with Crippen LogP contribution in [0.1, 0.15) is 30.5 Å². The van der Waals surface area contributed by atoms with Crippen LogP contribution in [0.3, 0.4) is 0 Å². The number of hydroxylamine groups is 2. The van der Waals surface area contributed by atoms with Gasteiger partial charge in [-0.1, -0.05) is 48.5 Å². The van der Waals surface area contributed by atoms with Crippen LogP contribution in [0, 0.1) is 6.92 Å². The van der Waals surface area contributed by atoms with Crippen LogP contribution in [0.15, 0.2) is 60.7 Å². The van der Waals surface area contributed by atoms with Crippen molar-refractivity contribution in [1.82, 2.24) is 24.6 Å². The number of rotatable bonds is 11. The minimum Gasteiger partial charge on any atom is -0.395 e. The van der Waals surface area contributed by atoms with E-state index < -0.39 is 0 Å². The van der Waals surface area contributed by atoms with Crippen molar-refractivity contribution in [2.24, 2.45) is 0 Å². The van der Waals surface area contributed by atoms with E-state index in [9.17, 15) is 9.90 Å². The van der Waals surface area contributed by atoms with E-state index in [0.29, 0.717) is 13.0 Å². The molecule has 1 aliphatic heterocycles. The molecule has 2 aromatic carbocycles. The number of piperazine rings is 1. The number of aromatic nitrogens is 3. The van der Waals surface area contributed by atoms with Gasteiger partial charge in [0.25, 0.3) is 0 Å². The third kappa shape index (κ3) is 6.59. The first-order valence-corrected chi connectivity index (χ1v) is 14.4. The largest absolute Gasteiger partial charge is 0.395 e. The van der Waals surface area contributed by atoms with Gasteiger partial charge in [0.05, 0.1) is 25.1 Å². The molecule has 5 rings (SSSR count). The van der Waals surface area contributed by atoms with Gasteiger partial charge in [0.15, 0.2) is 5.65 Å². The molecule has 0 spiro atoms. The van der Waals surface area contributed by atoms with E-state index in [2.05, 4.69) is 59.2 Å². The molecule has 0 saturated carbocycles. The van der Waals surface area contributed by atoms with Gasteiger partial charge in [-0.15, -0.1) is 0 Å². The Morgan fingerprint density at radius 3 is 2.49 bits per heavy atom. The Morgan fingerprint density at radius 2 is 1.76 bits per heavy atom. The quantitative estimate of drug-likeness (QED) is 0.219. The zero-order valence-electron chi connectivity index (χ0n) is 24.3. The predicted molar refractivity (Wildman–Crippen MR) is 162 cm³/mol. The standard InChI is InChI=1S/C32H40N6O3/c1-24-31(26-12-5-4-6-13-26)32-33-28(23-29(38(32)34-24)37-18-16-36(17-19-37)20-21-39)27-14-9-11-25(22-27)10-7-8-15-30(40)35(2)41-3/h4-6,9,11-14,22-23,39H,7-8,10,15-21H2,1-3H3. The minimum atomic E-state index is -0.00574. The molecule has 216 valence electrons. The van der Waals surface area contributed by atoms with Crippen LogP contribution in [0.5, 0.6) is 0 Å². The van der Waals surface area contributed by atoms with E-state index in [1.807, 2.05) is 22.7 Å². The number of benzene rings is 2. The van der Waals surface area contributed by atoms with Crippen molar-refractivity contribution in [3.05, 3.63) is 71.9 Å². The Labute approximate surface area is 241 Å². The highest BCUT2D eigenvalue weighted by atomic mass is 16.7. The van der Waals surface area contributed by atoms with Crippen molar-refractivity contribution in [3.63, 3.8) is 0 Å². The maximum absolute atomic E-state index is 12.0. The van der Waals surface area contributed by atoms with Crippen molar-refractivity contribution < 1.29 is 14.7 Å². The molecule has 1 amide bonds. The summed E-state index contributed by atoms with van der Waals surface area (Å²) in [7, 11) is 3.15. The first-order valence-electron chi connectivity index (χ1n) is 14.4. The Morgan fingerprint density at radius 1 is 1.00 bits per heavy atom. The van der Waals surface area contributed by atoms with Crippen molar-refractivity contribution in [1.29, 1.82) is 0 Å². The maximum Gasteiger partial charge on any atom is 0.245 e. The van der Waals surface area contributed by atoms with Gasteiger partial charge in [-0.05, 0) is 43.4 Å². The number of nitrogens with zero attached hydrogens (tertiary/aromatic N) is 6. The number of hydrogen-bond donors (Lipinski definition) is 1. The zero-order valence-corrected chi connectivity index (χ0v) is 24.3. The Hall–Kier alpha value is -3.79. The fraction of sp³-hybridized carbons (Fsp3) is 0.406. The van der Waals surface area contributed by atoms with Gasteiger partial charge >= 0.3 is 0 Å². The normalized spacial score (nSPS) is 14.1. The lowest BCUT2D eigenvalue weighted by Crippen LogP contribution is -2.47. The van der Waals surface area contributed by atoms with E-state index in [0.717, 1.165) is 85.0 Å². The van der Waals surface area contributed by atoms with E-state index in [1.165, 1.54) is 17.7 Å². The summed E-state index contributed by atoms with van der Waals surface area (Å²) < 4.78 is 2.00. The summed E-state index contributed by atoms with van der Waals surface area (Å²) in [6.07, 6.45) is 3.09. The number of carbonyl (C=O) groups excluding carboxylic acids is 1. The number of hydrogen-bond acceptors (Lipinski definition) is 7. The zero-order chi connectivity index (χ0) is 28.8. The molecule has 0 radical (unpaired) electrons. The summed E-state index contributed by atoms with van der Waals surface area (Å²) >= 11 is 0. The van der Waals surface area contributed by atoms with Gasteiger partial charge in [0.2, 0.25) is 5.91 Å². The number of amides is 1. The number of carbonyl (C=O) groups is 1. The van der Waals surface area contributed by atoms with E-state index in [1.54, 1.807) is 7.05 Å². The molecule has 0 atom stereocenters. The van der Waals surface area contributed by atoms with Crippen LogP contribution < -0.4 is 4.90 Å². The molecular formula is C32H40N6O3. The molecule has 9 nitrogen and oxygen atoms in total. The number of aliphatic hydroxyl groups excluding tert-OH is 1. The van der Waals surface area contributed by atoms with Gasteiger partial charge in [-0.2, -0.15) is 9.61 Å². The Kier molecular flexibility index (Phi) is 9.28. The fourth-order valence-electron chi connectivity index (χ4n) is 5.52. The highest BCUT2D eigenvalue weighted by molar-refractivity contribution is 5.83. The van der Waals surface area contributed by atoms with Crippen molar-refractivity contribution in [3.8, 4) is 22.4 Å². The van der Waals surface area contributed by atoms with Gasteiger partial charge < -0.3 is 10.0 Å². The van der Waals surface area contributed by atoms with Crippen molar-refractivity contribution in [2.45, 2.75) is 32.6 Å². The molecule has 0 unspecified atom stereocenters. The molecule has 9 heteroatoms. The van der Waals surface area contributed by atoms with Crippen LogP contribution in [-0.4, -0.2) is 89.1 Å². The number of aryl methyl sites for hydroxylation is 2. The molecule has 4 aromatic rings. The second-order valence-electron chi connectivity index (χ2n) is 10.6. The Balaban J connectivity index is 1.47. The van der Waals surface area contributed by atoms with Gasteiger partial charge in [-0.3, -0.25) is 14.5 Å². The molecular weight excluding hydrogens is 516 g/mol. The van der Waals surface area contributed by atoms with Crippen LogP contribution in [0.25, 0.3) is 28.0 Å². The highest BCUT2D eigenvalue weighted by Crippen LogP contribution is 2.33. The third-order valence-corrected chi connectivity index (χ3v) is 7.87. The Bertz CT molecular complexity index is 1460. The number of anilines is 1. The predicted octanol–water partition coefficient (Wildman–Crippen LogP) is 4.22. The number of fused-ring (bicyclic) bond motifs is 1. The summed E-state index contributed by atoms with van der Waals surface area (Å²) in [6.45, 7) is 6.43. The SMILES string of the molecule is CON(C)C(=O)CCCCc1cccc(-c2cc(N3CCN(CCO)CC3)n3nc(C)c(-c4ccccc4)c3n2)c1. The molecule has 1 saturated heterocycles. The lowest BCUT2D eigenvalue weighted by molar-refractivity contribution is -0.168. The molecule has 1 N–H and O–H groups in total. The maximum atomic E-state index is 12.0. The first-order chi connectivity index (χ1) is 20.0. The third-order valence-electron chi connectivity index (χ3n) is 7.87. The molecule has 1 fully saturated rings.